The zero-order chi connectivity index (χ0) is 12.5. The molecule has 3 rings (SSSR count). The first-order valence-corrected chi connectivity index (χ1v) is 5.75. The van der Waals surface area contributed by atoms with Gasteiger partial charge in [-0.05, 0) is 16.3 Å². The fourth-order valence-electron chi connectivity index (χ4n) is 2.35. The maximum atomic E-state index is 11.5. The van der Waals surface area contributed by atoms with Gasteiger partial charge in [0.05, 0.1) is 12.6 Å². The Balaban J connectivity index is 2.06. The van der Waals surface area contributed by atoms with Crippen molar-refractivity contribution in [3.63, 3.8) is 0 Å². The van der Waals surface area contributed by atoms with Crippen molar-refractivity contribution in [3.05, 3.63) is 48.0 Å². The van der Waals surface area contributed by atoms with Crippen LogP contribution in [0.3, 0.4) is 0 Å². The highest BCUT2D eigenvalue weighted by Crippen LogP contribution is 2.27. The molecule has 1 fully saturated rings. The summed E-state index contributed by atoms with van der Waals surface area (Å²) in [5, 5.41) is 13.9. The lowest BCUT2D eigenvalue weighted by Crippen LogP contribution is -2.23. The standard InChI is InChI=1S/C14H11N3O/c15-9-17-8-13(16-14(17)18)12-7-3-5-10-4-1-2-6-11(10)12/h1-7,13H,8H2,(H,16,18). The molecule has 1 aliphatic heterocycles. The molecule has 1 N–H and O–H groups in total. The molecule has 4 heteroatoms. The van der Waals surface area contributed by atoms with E-state index >= 15 is 0 Å². The number of nitrogens with zero attached hydrogens (tertiary/aromatic N) is 2. The second-order valence-corrected chi connectivity index (χ2v) is 4.28. The molecular weight excluding hydrogens is 226 g/mol. The number of urea groups is 1. The van der Waals surface area contributed by atoms with E-state index in [1.165, 1.54) is 0 Å². The summed E-state index contributed by atoms with van der Waals surface area (Å²) in [4.78, 5) is 12.7. The van der Waals surface area contributed by atoms with Gasteiger partial charge in [-0.15, -0.1) is 0 Å². The summed E-state index contributed by atoms with van der Waals surface area (Å²) in [5.41, 5.74) is 1.05. The number of carbonyl (C=O) groups excluding carboxylic acids is 1. The van der Waals surface area contributed by atoms with Crippen LogP contribution >= 0.6 is 0 Å². The van der Waals surface area contributed by atoms with Crippen molar-refractivity contribution in [2.45, 2.75) is 6.04 Å². The number of hydrogen-bond donors (Lipinski definition) is 1. The van der Waals surface area contributed by atoms with E-state index in [9.17, 15) is 4.79 Å². The number of nitriles is 1. The predicted molar refractivity (Wildman–Crippen MR) is 67.5 cm³/mol. The van der Waals surface area contributed by atoms with Crippen LogP contribution in [0, 0.1) is 11.5 Å². The molecule has 0 spiro atoms. The maximum Gasteiger partial charge on any atom is 0.331 e. The Morgan fingerprint density at radius 2 is 2.00 bits per heavy atom. The third kappa shape index (κ3) is 1.57. The summed E-state index contributed by atoms with van der Waals surface area (Å²) in [6.07, 6.45) is 1.88. The molecule has 1 unspecified atom stereocenters. The molecule has 0 bridgehead atoms. The topological polar surface area (TPSA) is 56.1 Å². The third-order valence-electron chi connectivity index (χ3n) is 3.23. The fraction of sp³-hybridized carbons (Fsp3) is 0.143. The quantitative estimate of drug-likeness (QED) is 0.774. The van der Waals surface area contributed by atoms with Gasteiger partial charge in [0.15, 0.2) is 6.19 Å². The minimum atomic E-state index is -0.324. The van der Waals surface area contributed by atoms with Gasteiger partial charge >= 0.3 is 6.03 Å². The summed E-state index contributed by atoms with van der Waals surface area (Å²) in [7, 11) is 0. The van der Waals surface area contributed by atoms with Crippen LogP contribution < -0.4 is 5.32 Å². The van der Waals surface area contributed by atoms with E-state index in [0.717, 1.165) is 21.2 Å². The number of amides is 2. The highest BCUT2D eigenvalue weighted by molar-refractivity contribution is 5.87. The van der Waals surface area contributed by atoms with Crippen molar-refractivity contribution < 1.29 is 4.79 Å². The Hall–Kier alpha value is -2.54. The minimum absolute atomic E-state index is 0.122. The Morgan fingerprint density at radius 3 is 2.78 bits per heavy atom. The molecule has 4 nitrogen and oxygen atoms in total. The Labute approximate surface area is 104 Å². The van der Waals surface area contributed by atoms with Crippen LogP contribution in [0.5, 0.6) is 0 Å². The lowest BCUT2D eigenvalue weighted by Gasteiger charge is -2.12. The first-order chi connectivity index (χ1) is 8.79. The van der Waals surface area contributed by atoms with Gasteiger partial charge in [-0.2, -0.15) is 5.26 Å². The molecule has 2 amide bonds. The van der Waals surface area contributed by atoms with Crippen molar-refractivity contribution in [2.24, 2.45) is 0 Å². The molecule has 0 aliphatic carbocycles. The van der Waals surface area contributed by atoms with E-state index in [0.29, 0.717) is 6.54 Å². The predicted octanol–water partition coefficient (Wildman–Crippen LogP) is 2.39. The zero-order valence-corrected chi connectivity index (χ0v) is 9.63. The van der Waals surface area contributed by atoms with E-state index in [1.54, 1.807) is 0 Å². The smallest absolute Gasteiger partial charge is 0.328 e. The molecule has 1 saturated heterocycles. The van der Waals surface area contributed by atoms with Gasteiger partial charge in [0.2, 0.25) is 0 Å². The molecule has 1 atom stereocenters. The molecule has 88 valence electrons. The van der Waals surface area contributed by atoms with E-state index < -0.39 is 0 Å². The largest absolute Gasteiger partial charge is 0.331 e. The highest BCUT2D eigenvalue weighted by Gasteiger charge is 2.30. The molecule has 1 heterocycles. The fourth-order valence-corrected chi connectivity index (χ4v) is 2.35. The molecule has 0 saturated carbocycles. The average Bonchev–Trinajstić information content (AvgIpc) is 2.79. The number of rotatable bonds is 1. The van der Waals surface area contributed by atoms with Crippen LogP contribution in [-0.2, 0) is 0 Å². The SMILES string of the molecule is N#CN1CC(c2cccc3ccccc23)NC1=O. The summed E-state index contributed by atoms with van der Waals surface area (Å²) < 4.78 is 0. The third-order valence-corrected chi connectivity index (χ3v) is 3.23. The number of fused-ring (bicyclic) bond motifs is 1. The lowest BCUT2D eigenvalue weighted by atomic mass is 9.99. The minimum Gasteiger partial charge on any atom is -0.328 e. The first kappa shape index (κ1) is 10.6. The molecule has 0 aromatic heterocycles. The number of nitrogens with one attached hydrogen (secondary N) is 1. The first-order valence-electron chi connectivity index (χ1n) is 5.75. The molecule has 2 aromatic rings. The lowest BCUT2D eigenvalue weighted by molar-refractivity contribution is 0.232. The number of benzene rings is 2. The van der Waals surface area contributed by atoms with Gasteiger partial charge in [-0.25, -0.2) is 9.69 Å². The second-order valence-electron chi connectivity index (χ2n) is 4.28. The molecule has 1 aliphatic rings. The van der Waals surface area contributed by atoms with Gasteiger partial charge in [-0.3, -0.25) is 0 Å². The normalized spacial score (nSPS) is 18.7. The molecule has 2 aromatic carbocycles. The van der Waals surface area contributed by atoms with Gasteiger partial charge in [-0.1, -0.05) is 42.5 Å². The average molecular weight is 237 g/mol. The van der Waals surface area contributed by atoms with Crippen molar-refractivity contribution in [2.75, 3.05) is 6.54 Å². The van der Waals surface area contributed by atoms with Crippen LogP contribution in [0.4, 0.5) is 4.79 Å². The van der Waals surface area contributed by atoms with Crippen molar-refractivity contribution in [1.29, 1.82) is 5.26 Å². The van der Waals surface area contributed by atoms with Gasteiger partial charge < -0.3 is 5.32 Å². The maximum absolute atomic E-state index is 11.5. The van der Waals surface area contributed by atoms with Crippen molar-refractivity contribution in [3.8, 4) is 6.19 Å². The van der Waals surface area contributed by atoms with Crippen molar-refractivity contribution >= 4 is 16.8 Å². The van der Waals surface area contributed by atoms with E-state index in [1.807, 2.05) is 48.7 Å². The van der Waals surface area contributed by atoms with Crippen LogP contribution in [0.25, 0.3) is 10.8 Å². The van der Waals surface area contributed by atoms with Crippen LogP contribution in [0.1, 0.15) is 11.6 Å². The van der Waals surface area contributed by atoms with Gasteiger partial charge in [0.1, 0.15) is 0 Å². The van der Waals surface area contributed by atoms with E-state index in [4.69, 9.17) is 5.26 Å². The molecular formula is C14H11N3O. The highest BCUT2D eigenvalue weighted by atomic mass is 16.2. The monoisotopic (exact) mass is 237 g/mol. The van der Waals surface area contributed by atoms with Crippen LogP contribution in [0.2, 0.25) is 0 Å². The van der Waals surface area contributed by atoms with E-state index in [-0.39, 0.29) is 12.1 Å². The molecule has 0 radical (unpaired) electrons. The van der Waals surface area contributed by atoms with Gasteiger partial charge in [0, 0.05) is 0 Å². The van der Waals surface area contributed by atoms with Crippen molar-refractivity contribution in [1.82, 2.24) is 10.2 Å². The summed E-state index contributed by atoms with van der Waals surface area (Å²) >= 11 is 0. The van der Waals surface area contributed by atoms with Crippen LogP contribution in [-0.4, -0.2) is 17.5 Å². The summed E-state index contributed by atoms with van der Waals surface area (Å²) in [5.74, 6) is 0. The zero-order valence-electron chi connectivity index (χ0n) is 9.63. The molecule has 18 heavy (non-hydrogen) atoms. The Kier molecular flexibility index (Phi) is 2.38. The van der Waals surface area contributed by atoms with Gasteiger partial charge in [0.25, 0.3) is 0 Å². The Bertz CT molecular complexity index is 654. The second kappa shape index (κ2) is 4.04. The Morgan fingerprint density at radius 1 is 1.22 bits per heavy atom. The summed E-state index contributed by atoms with van der Waals surface area (Å²) in [6, 6.07) is 13.6. The number of carbonyl (C=O) groups is 1. The van der Waals surface area contributed by atoms with E-state index in [2.05, 4.69) is 5.32 Å². The summed E-state index contributed by atoms with van der Waals surface area (Å²) in [6.45, 7) is 0.392. The van der Waals surface area contributed by atoms with Crippen LogP contribution in [0.15, 0.2) is 42.5 Å². The number of hydrogen-bond acceptors (Lipinski definition) is 2.